The van der Waals surface area contributed by atoms with E-state index in [9.17, 15) is 4.79 Å². The van der Waals surface area contributed by atoms with Crippen molar-refractivity contribution in [1.82, 2.24) is 24.9 Å². The van der Waals surface area contributed by atoms with Crippen molar-refractivity contribution in [2.75, 3.05) is 24.6 Å². The zero-order valence-corrected chi connectivity index (χ0v) is 15.5. The first kappa shape index (κ1) is 17.1. The Labute approximate surface area is 160 Å². The molecular weight excluding hydrogens is 370 g/mol. The summed E-state index contributed by atoms with van der Waals surface area (Å²) in [5.41, 5.74) is 2.47. The van der Waals surface area contributed by atoms with Gasteiger partial charge in [-0.05, 0) is 24.3 Å². The molecule has 1 aromatic carbocycles. The molecule has 3 aromatic rings. The summed E-state index contributed by atoms with van der Waals surface area (Å²) < 4.78 is 1.63. The molecule has 0 N–H and O–H groups in total. The fourth-order valence-corrected chi connectivity index (χ4v) is 4.02. The summed E-state index contributed by atoms with van der Waals surface area (Å²) in [7, 11) is 0. The maximum atomic E-state index is 13.1. The Morgan fingerprint density at radius 3 is 2.54 bits per heavy atom. The van der Waals surface area contributed by atoms with Crippen LogP contribution < -0.4 is 0 Å². The van der Waals surface area contributed by atoms with E-state index in [2.05, 4.69) is 15.3 Å². The SMILES string of the molecule is O=C(c1nnn(-c2ccccc2Cl)c1-c1ccncc1)N1CCSCC1. The molecule has 8 heteroatoms. The number of pyridine rings is 1. The zero-order valence-electron chi connectivity index (χ0n) is 13.9. The summed E-state index contributed by atoms with van der Waals surface area (Å²) in [6.45, 7) is 1.44. The molecule has 1 amide bonds. The third kappa shape index (κ3) is 3.20. The highest BCUT2D eigenvalue weighted by atomic mass is 35.5. The van der Waals surface area contributed by atoms with Crippen molar-refractivity contribution in [3.05, 3.63) is 59.5 Å². The van der Waals surface area contributed by atoms with E-state index in [4.69, 9.17) is 11.6 Å². The lowest BCUT2D eigenvalue weighted by Gasteiger charge is -2.25. The van der Waals surface area contributed by atoms with Gasteiger partial charge in [-0.1, -0.05) is 28.9 Å². The van der Waals surface area contributed by atoms with Gasteiger partial charge in [0.25, 0.3) is 5.91 Å². The first-order chi connectivity index (χ1) is 12.8. The average molecular weight is 386 g/mol. The molecule has 4 rings (SSSR count). The molecule has 6 nitrogen and oxygen atoms in total. The molecule has 0 unspecified atom stereocenters. The van der Waals surface area contributed by atoms with Gasteiger partial charge in [0, 0.05) is 42.6 Å². The van der Waals surface area contributed by atoms with E-state index in [-0.39, 0.29) is 5.91 Å². The quantitative estimate of drug-likeness (QED) is 0.692. The fourth-order valence-electron chi connectivity index (χ4n) is 2.90. The Kier molecular flexibility index (Phi) is 4.90. The second-order valence-electron chi connectivity index (χ2n) is 5.79. The fraction of sp³-hybridized carbons (Fsp3) is 0.222. The number of para-hydroxylation sites is 1. The van der Waals surface area contributed by atoms with Gasteiger partial charge in [0.15, 0.2) is 5.69 Å². The molecule has 26 heavy (non-hydrogen) atoms. The van der Waals surface area contributed by atoms with Crippen LogP contribution in [-0.4, -0.2) is 55.4 Å². The van der Waals surface area contributed by atoms with Crippen molar-refractivity contribution in [1.29, 1.82) is 0 Å². The number of hydrogen-bond acceptors (Lipinski definition) is 5. The molecule has 3 heterocycles. The van der Waals surface area contributed by atoms with Gasteiger partial charge >= 0.3 is 0 Å². The van der Waals surface area contributed by atoms with Gasteiger partial charge in [0.1, 0.15) is 5.69 Å². The number of halogens is 1. The standard InChI is InChI=1S/C18H16ClN5OS/c19-14-3-1-2-4-15(14)24-17(13-5-7-20-8-6-13)16(21-22-24)18(25)23-9-11-26-12-10-23/h1-8H,9-12H2. The Balaban J connectivity index is 1.85. The molecule has 0 radical (unpaired) electrons. The minimum Gasteiger partial charge on any atom is -0.336 e. The van der Waals surface area contributed by atoms with Crippen molar-refractivity contribution in [2.45, 2.75) is 0 Å². The first-order valence-electron chi connectivity index (χ1n) is 8.24. The lowest BCUT2D eigenvalue weighted by atomic mass is 10.1. The van der Waals surface area contributed by atoms with Gasteiger partial charge in [-0.2, -0.15) is 11.8 Å². The van der Waals surface area contributed by atoms with E-state index in [1.807, 2.05) is 47.0 Å². The molecule has 0 atom stereocenters. The zero-order chi connectivity index (χ0) is 17.9. The van der Waals surface area contributed by atoms with Crippen LogP contribution in [0.1, 0.15) is 10.5 Å². The third-order valence-electron chi connectivity index (χ3n) is 4.21. The van der Waals surface area contributed by atoms with Crippen LogP contribution >= 0.6 is 23.4 Å². The van der Waals surface area contributed by atoms with E-state index in [0.717, 1.165) is 30.2 Å². The van der Waals surface area contributed by atoms with Gasteiger partial charge in [-0.3, -0.25) is 9.78 Å². The van der Waals surface area contributed by atoms with E-state index in [0.29, 0.717) is 22.1 Å². The summed E-state index contributed by atoms with van der Waals surface area (Å²) in [5, 5.41) is 9.01. The Hall–Kier alpha value is -2.38. The van der Waals surface area contributed by atoms with Gasteiger partial charge in [0.05, 0.1) is 10.7 Å². The predicted molar refractivity (Wildman–Crippen MR) is 103 cm³/mol. The highest BCUT2D eigenvalue weighted by Gasteiger charge is 2.27. The number of carbonyl (C=O) groups excluding carboxylic acids is 1. The molecule has 0 aliphatic carbocycles. The summed E-state index contributed by atoms with van der Waals surface area (Å²) >= 11 is 8.21. The number of amides is 1. The third-order valence-corrected chi connectivity index (χ3v) is 5.47. The molecular formula is C18H16ClN5OS. The molecule has 1 saturated heterocycles. The molecule has 0 spiro atoms. The largest absolute Gasteiger partial charge is 0.336 e. The monoisotopic (exact) mass is 385 g/mol. The maximum Gasteiger partial charge on any atom is 0.276 e. The Morgan fingerprint density at radius 1 is 1.08 bits per heavy atom. The van der Waals surface area contributed by atoms with Crippen LogP contribution in [0.4, 0.5) is 0 Å². The van der Waals surface area contributed by atoms with Crippen molar-refractivity contribution in [3.63, 3.8) is 0 Å². The number of thioether (sulfide) groups is 1. The van der Waals surface area contributed by atoms with E-state index < -0.39 is 0 Å². The molecule has 132 valence electrons. The highest BCUT2D eigenvalue weighted by molar-refractivity contribution is 7.99. The highest BCUT2D eigenvalue weighted by Crippen LogP contribution is 2.29. The maximum absolute atomic E-state index is 13.1. The van der Waals surface area contributed by atoms with Gasteiger partial charge in [-0.15, -0.1) is 5.10 Å². The number of aromatic nitrogens is 4. The summed E-state index contributed by atoms with van der Waals surface area (Å²) in [6, 6.07) is 11.1. The van der Waals surface area contributed by atoms with Crippen LogP contribution in [-0.2, 0) is 0 Å². The van der Waals surface area contributed by atoms with Gasteiger partial charge in [-0.25, -0.2) is 4.68 Å². The molecule has 0 bridgehead atoms. The Bertz CT molecular complexity index is 924. The average Bonchev–Trinajstić information content (AvgIpc) is 3.14. The smallest absolute Gasteiger partial charge is 0.276 e. The molecule has 1 aliphatic rings. The normalized spacial score (nSPS) is 14.4. The van der Waals surface area contributed by atoms with Gasteiger partial charge in [0.2, 0.25) is 0 Å². The number of rotatable bonds is 3. The number of hydrogen-bond donors (Lipinski definition) is 0. The predicted octanol–water partition coefficient (Wildman–Crippen LogP) is 3.17. The van der Waals surface area contributed by atoms with Crippen molar-refractivity contribution < 1.29 is 4.79 Å². The van der Waals surface area contributed by atoms with E-state index in [1.165, 1.54) is 0 Å². The van der Waals surface area contributed by atoms with Gasteiger partial charge < -0.3 is 4.90 Å². The lowest BCUT2D eigenvalue weighted by molar-refractivity contribution is 0.0767. The van der Waals surface area contributed by atoms with Crippen LogP contribution in [0.3, 0.4) is 0 Å². The summed E-state index contributed by atoms with van der Waals surface area (Å²) in [6.07, 6.45) is 3.37. The van der Waals surface area contributed by atoms with Crippen molar-refractivity contribution >= 4 is 29.3 Å². The second kappa shape index (κ2) is 7.47. The Morgan fingerprint density at radius 2 is 1.81 bits per heavy atom. The van der Waals surface area contributed by atoms with E-state index in [1.54, 1.807) is 23.1 Å². The summed E-state index contributed by atoms with van der Waals surface area (Å²) in [4.78, 5) is 19.0. The van der Waals surface area contributed by atoms with Crippen LogP contribution in [0, 0.1) is 0 Å². The lowest BCUT2D eigenvalue weighted by Crippen LogP contribution is -2.38. The second-order valence-corrected chi connectivity index (χ2v) is 7.42. The number of nitrogens with zero attached hydrogens (tertiary/aromatic N) is 5. The molecule has 0 saturated carbocycles. The minimum atomic E-state index is -0.101. The summed E-state index contributed by atoms with van der Waals surface area (Å²) in [5.74, 6) is 1.78. The van der Waals surface area contributed by atoms with Crippen LogP contribution in [0.15, 0.2) is 48.8 Å². The molecule has 2 aromatic heterocycles. The van der Waals surface area contributed by atoms with Crippen molar-refractivity contribution in [3.8, 4) is 16.9 Å². The number of benzene rings is 1. The minimum absolute atomic E-state index is 0.101. The topological polar surface area (TPSA) is 63.9 Å². The van der Waals surface area contributed by atoms with E-state index >= 15 is 0 Å². The van der Waals surface area contributed by atoms with Crippen LogP contribution in [0.5, 0.6) is 0 Å². The molecule has 1 fully saturated rings. The van der Waals surface area contributed by atoms with Crippen LogP contribution in [0.25, 0.3) is 16.9 Å². The van der Waals surface area contributed by atoms with Crippen molar-refractivity contribution in [2.24, 2.45) is 0 Å². The van der Waals surface area contributed by atoms with Crippen LogP contribution in [0.2, 0.25) is 5.02 Å². The molecule has 1 aliphatic heterocycles. The number of carbonyl (C=O) groups is 1. The first-order valence-corrected chi connectivity index (χ1v) is 9.77.